The van der Waals surface area contributed by atoms with Gasteiger partial charge in [0.15, 0.2) is 0 Å². The van der Waals surface area contributed by atoms with E-state index < -0.39 is 5.95 Å². The molecule has 0 radical (unpaired) electrons. The van der Waals surface area contributed by atoms with E-state index in [0.29, 0.717) is 11.3 Å². The van der Waals surface area contributed by atoms with E-state index in [9.17, 15) is 4.39 Å². The van der Waals surface area contributed by atoms with E-state index in [-0.39, 0.29) is 0 Å². The van der Waals surface area contributed by atoms with E-state index in [4.69, 9.17) is 0 Å². The molecule has 1 nitrogen and oxygen atoms in total. The zero-order valence-corrected chi connectivity index (χ0v) is 6.61. The van der Waals surface area contributed by atoms with Crippen LogP contribution >= 0.6 is 12.6 Å². The monoisotopic (exact) mass is 167 g/mol. The van der Waals surface area contributed by atoms with Gasteiger partial charge in [-0.1, -0.05) is 11.8 Å². The fourth-order valence-corrected chi connectivity index (χ4v) is 0.670. The van der Waals surface area contributed by atoms with Crippen molar-refractivity contribution in [1.82, 2.24) is 4.98 Å². The van der Waals surface area contributed by atoms with E-state index >= 15 is 0 Å². The first-order valence-corrected chi connectivity index (χ1v) is 3.67. The van der Waals surface area contributed by atoms with Crippen molar-refractivity contribution >= 4 is 12.6 Å². The molecule has 0 aliphatic carbocycles. The summed E-state index contributed by atoms with van der Waals surface area (Å²) in [5, 5.41) is 0. The van der Waals surface area contributed by atoms with Crippen molar-refractivity contribution in [3.63, 3.8) is 0 Å². The Hall–Kier alpha value is -1.01. The van der Waals surface area contributed by atoms with Crippen LogP contribution in [0, 0.1) is 17.8 Å². The molecule has 0 aliphatic rings. The van der Waals surface area contributed by atoms with Crippen LogP contribution in [0.3, 0.4) is 0 Å². The average molecular weight is 167 g/mol. The molecular formula is C8H6FNS. The highest BCUT2D eigenvalue weighted by Crippen LogP contribution is 1.95. The summed E-state index contributed by atoms with van der Waals surface area (Å²) in [5.41, 5.74) is 0.709. The fourth-order valence-electron chi connectivity index (χ4n) is 0.591. The molecule has 0 saturated carbocycles. The van der Waals surface area contributed by atoms with Crippen molar-refractivity contribution in [2.45, 2.75) is 0 Å². The van der Waals surface area contributed by atoms with Gasteiger partial charge in [-0.2, -0.15) is 17.0 Å². The second-order valence-electron chi connectivity index (χ2n) is 1.83. The second-order valence-corrected chi connectivity index (χ2v) is 2.15. The number of pyridine rings is 1. The van der Waals surface area contributed by atoms with Crippen molar-refractivity contribution in [2.75, 3.05) is 5.75 Å². The molecule has 0 spiro atoms. The first-order chi connectivity index (χ1) is 5.33. The van der Waals surface area contributed by atoms with E-state index in [1.165, 1.54) is 12.3 Å². The highest BCUT2D eigenvalue weighted by molar-refractivity contribution is 7.80. The molecule has 0 N–H and O–H groups in total. The minimum absolute atomic E-state index is 0.485. The first-order valence-electron chi connectivity index (χ1n) is 3.04. The molecule has 0 atom stereocenters. The van der Waals surface area contributed by atoms with Crippen molar-refractivity contribution < 1.29 is 4.39 Å². The molecule has 0 aromatic carbocycles. The molecule has 0 saturated heterocycles. The van der Waals surface area contributed by atoms with Crippen molar-refractivity contribution in [3.8, 4) is 11.8 Å². The third-order valence-corrected chi connectivity index (χ3v) is 1.20. The average Bonchev–Trinajstić information content (AvgIpc) is 2.04. The lowest BCUT2D eigenvalue weighted by Gasteiger charge is -1.87. The molecule has 0 aliphatic heterocycles. The molecule has 1 heterocycles. The highest BCUT2D eigenvalue weighted by atomic mass is 32.1. The lowest BCUT2D eigenvalue weighted by molar-refractivity contribution is 0.583. The molecule has 1 aromatic heterocycles. The van der Waals surface area contributed by atoms with Gasteiger partial charge in [-0.3, -0.25) is 0 Å². The summed E-state index contributed by atoms with van der Waals surface area (Å²) in [6.07, 6.45) is 1.39. The quantitative estimate of drug-likeness (QED) is 0.351. The van der Waals surface area contributed by atoms with E-state index in [2.05, 4.69) is 29.5 Å². The number of halogens is 1. The van der Waals surface area contributed by atoms with Gasteiger partial charge in [-0.05, 0) is 12.1 Å². The van der Waals surface area contributed by atoms with E-state index in [0.717, 1.165) is 0 Å². The van der Waals surface area contributed by atoms with Crippen LogP contribution in [0.15, 0.2) is 18.3 Å². The lowest BCUT2D eigenvalue weighted by Crippen LogP contribution is -1.81. The van der Waals surface area contributed by atoms with Gasteiger partial charge in [0.2, 0.25) is 5.95 Å². The summed E-state index contributed by atoms with van der Waals surface area (Å²) in [6, 6.07) is 2.86. The van der Waals surface area contributed by atoms with Gasteiger partial charge in [0.05, 0.1) is 5.75 Å². The lowest BCUT2D eigenvalue weighted by atomic mass is 10.3. The van der Waals surface area contributed by atoms with Gasteiger partial charge in [0.25, 0.3) is 0 Å². The minimum Gasteiger partial charge on any atom is -0.227 e. The van der Waals surface area contributed by atoms with Crippen LogP contribution in [-0.2, 0) is 0 Å². The van der Waals surface area contributed by atoms with Crippen LogP contribution in [0.1, 0.15) is 5.56 Å². The number of nitrogens with zero attached hydrogens (tertiary/aromatic N) is 1. The largest absolute Gasteiger partial charge is 0.227 e. The van der Waals surface area contributed by atoms with Gasteiger partial charge in [0, 0.05) is 11.8 Å². The van der Waals surface area contributed by atoms with Crippen LogP contribution in [0.4, 0.5) is 4.39 Å². The molecule has 0 unspecified atom stereocenters. The Balaban J connectivity index is 2.82. The number of aromatic nitrogens is 1. The molecule has 1 aromatic rings. The van der Waals surface area contributed by atoms with E-state index in [1.807, 2.05) is 0 Å². The van der Waals surface area contributed by atoms with Crippen LogP contribution < -0.4 is 0 Å². The molecule has 11 heavy (non-hydrogen) atoms. The predicted octanol–water partition coefficient (Wildman–Crippen LogP) is 1.50. The molecule has 0 fully saturated rings. The zero-order valence-electron chi connectivity index (χ0n) is 5.71. The standard InChI is InChI=1S/C8H6FNS/c9-8-4-3-7(6-10-8)2-1-5-11/h3-4,6,11H,5H2. The van der Waals surface area contributed by atoms with Crippen molar-refractivity contribution in [3.05, 3.63) is 29.8 Å². The van der Waals surface area contributed by atoms with Gasteiger partial charge in [-0.15, -0.1) is 0 Å². The topological polar surface area (TPSA) is 12.9 Å². The molecule has 0 bridgehead atoms. The summed E-state index contributed by atoms with van der Waals surface area (Å²) in [7, 11) is 0. The Kier molecular flexibility index (Phi) is 2.94. The Morgan fingerprint density at radius 2 is 2.36 bits per heavy atom. The summed E-state index contributed by atoms with van der Waals surface area (Å²) in [4.78, 5) is 3.44. The first kappa shape index (κ1) is 8.09. The van der Waals surface area contributed by atoms with Gasteiger partial charge >= 0.3 is 0 Å². The second kappa shape index (κ2) is 3.99. The normalized spacial score (nSPS) is 8.55. The fraction of sp³-hybridized carbons (Fsp3) is 0.125. The maximum Gasteiger partial charge on any atom is 0.212 e. The maximum absolute atomic E-state index is 12.2. The Bertz CT molecular complexity index is 283. The predicted molar refractivity (Wildman–Crippen MR) is 44.9 cm³/mol. The molecule has 3 heteroatoms. The number of thiol groups is 1. The SMILES string of the molecule is Fc1ccc(C#CCS)cn1. The molecule has 0 amide bonds. The van der Waals surface area contributed by atoms with Crippen molar-refractivity contribution in [2.24, 2.45) is 0 Å². The molecule has 56 valence electrons. The van der Waals surface area contributed by atoms with Gasteiger partial charge in [0.1, 0.15) is 0 Å². The van der Waals surface area contributed by atoms with E-state index in [1.54, 1.807) is 6.07 Å². The summed E-state index contributed by atoms with van der Waals surface area (Å²) < 4.78 is 12.2. The number of hydrogen-bond acceptors (Lipinski definition) is 2. The summed E-state index contributed by atoms with van der Waals surface area (Å²) in [5.74, 6) is 5.51. The third-order valence-electron chi connectivity index (χ3n) is 1.04. The van der Waals surface area contributed by atoms with Crippen LogP contribution in [0.25, 0.3) is 0 Å². The third kappa shape index (κ3) is 2.60. The Labute approximate surface area is 70.1 Å². The van der Waals surface area contributed by atoms with Crippen molar-refractivity contribution in [1.29, 1.82) is 0 Å². The Morgan fingerprint density at radius 1 is 1.55 bits per heavy atom. The highest BCUT2D eigenvalue weighted by Gasteiger charge is 1.88. The zero-order chi connectivity index (χ0) is 8.10. The minimum atomic E-state index is -0.485. The Morgan fingerprint density at radius 3 is 2.91 bits per heavy atom. The summed E-state index contributed by atoms with van der Waals surface area (Å²) >= 11 is 3.90. The smallest absolute Gasteiger partial charge is 0.212 e. The van der Waals surface area contributed by atoms with Gasteiger partial charge < -0.3 is 0 Å². The summed E-state index contributed by atoms with van der Waals surface area (Å²) in [6.45, 7) is 0. The molecule has 1 rings (SSSR count). The number of rotatable bonds is 0. The molecular weight excluding hydrogens is 161 g/mol. The van der Waals surface area contributed by atoms with Crippen LogP contribution in [0.2, 0.25) is 0 Å². The van der Waals surface area contributed by atoms with Crippen LogP contribution in [0.5, 0.6) is 0 Å². The van der Waals surface area contributed by atoms with Gasteiger partial charge in [-0.25, -0.2) is 4.98 Å². The maximum atomic E-state index is 12.2. The van der Waals surface area contributed by atoms with Crippen LogP contribution in [-0.4, -0.2) is 10.7 Å². The number of hydrogen-bond donors (Lipinski definition) is 1.